The fraction of sp³-hybridized carbons (Fsp3) is 0.500. The van der Waals surface area contributed by atoms with Gasteiger partial charge in [0.05, 0.1) is 0 Å². The predicted molar refractivity (Wildman–Crippen MR) is 83.3 cm³/mol. The average molecular weight is 420 g/mol. The third-order valence-electron chi connectivity index (χ3n) is 2.37. The summed E-state index contributed by atoms with van der Waals surface area (Å²) < 4.78 is 0. The maximum atomic E-state index is 4.01. The molecule has 0 aliphatic carbocycles. The molecule has 0 amide bonds. The second kappa shape index (κ2) is 10.7. The summed E-state index contributed by atoms with van der Waals surface area (Å²) in [5.41, 5.74) is 1.36. The third-order valence-corrected chi connectivity index (χ3v) is 2.37. The van der Waals surface area contributed by atoms with Gasteiger partial charge in [-0.3, -0.25) is 9.88 Å². The molecule has 94 valence electrons. The lowest BCUT2D eigenvalue weighted by Gasteiger charge is -2.27. The Morgan fingerprint density at radius 2 is 1.62 bits per heavy atom. The van der Waals surface area contributed by atoms with Crippen molar-refractivity contribution in [3.05, 3.63) is 30.1 Å². The van der Waals surface area contributed by atoms with E-state index in [0.29, 0.717) is 0 Å². The molecular weight excluding hydrogens is 402 g/mol. The molecule has 1 aromatic heterocycles. The van der Waals surface area contributed by atoms with Gasteiger partial charge in [0.25, 0.3) is 0 Å². The van der Waals surface area contributed by atoms with Crippen molar-refractivity contribution in [1.82, 2.24) is 15.2 Å². The number of pyridine rings is 1. The minimum absolute atomic E-state index is 0. The summed E-state index contributed by atoms with van der Waals surface area (Å²) in [5.74, 6) is 0. The molecular formula is C10H18Br3N3. The highest BCUT2D eigenvalue weighted by molar-refractivity contribution is 8.93. The lowest BCUT2D eigenvalue weighted by Crippen LogP contribution is -2.42. The highest BCUT2D eigenvalue weighted by Crippen LogP contribution is 2.03. The van der Waals surface area contributed by atoms with Crippen LogP contribution in [0.1, 0.15) is 5.56 Å². The van der Waals surface area contributed by atoms with E-state index in [1.165, 1.54) is 5.56 Å². The number of nitrogens with one attached hydrogen (secondary N) is 1. The molecule has 2 rings (SSSR count). The van der Waals surface area contributed by atoms with Crippen LogP contribution in [-0.4, -0.2) is 36.1 Å². The first-order valence-corrected chi connectivity index (χ1v) is 4.77. The molecule has 6 heteroatoms. The third kappa shape index (κ3) is 6.30. The van der Waals surface area contributed by atoms with Gasteiger partial charge in [-0.2, -0.15) is 0 Å². The molecule has 1 aliphatic rings. The molecule has 3 nitrogen and oxygen atoms in total. The van der Waals surface area contributed by atoms with Crippen molar-refractivity contribution in [2.24, 2.45) is 0 Å². The summed E-state index contributed by atoms with van der Waals surface area (Å²) in [7, 11) is 0. The van der Waals surface area contributed by atoms with Gasteiger partial charge in [0.15, 0.2) is 0 Å². The van der Waals surface area contributed by atoms with Gasteiger partial charge in [-0.1, -0.05) is 0 Å². The Morgan fingerprint density at radius 1 is 1.06 bits per heavy atom. The van der Waals surface area contributed by atoms with Crippen molar-refractivity contribution in [3.63, 3.8) is 0 Å². The zero-order chi connectivity index (χ0) is 8.93. The van der Waals surface area contributed by atoms with Crippen LogP contribution in [0, 0.1) is 0 Å². The Kier molecular flexibility index (Phi) is 12.6. The predicted octanol–water partition coefficient (Wildman–Crippen LogP) is 2.22. The first-order valence-electron chi connectivity index (χ1n) is 4.77. The number of hydrogen-bond acceptors (Lipinski definition) is 3. The lowest BCUT2D eigenvalue weighted by molar-refractivity contribution is 0.233. The maximum Gasteiger partial charge on any atom is 0.0271 e. The highest BCUT2D eigenvalue weighted by Gasteiger charge is 2.08. The molecule has 0 atom stereocenters. The molecule has 1 aromatic rings. The van der Waals surface area contributed by atoms with Crippen LogP contribution in [0.25, 0.3) is 0 Å². The summed E-state index contributed by atoms with van der Waals surface area (Å²) in [6, 6.07) is 4.17. The van der Waals surface area contributed by atoms with E-state index in [9.17, 15) is 0 Å². The monoisotopic (exact) mass is 417 g/mol. The van der Waals surface area contributed by atoms with Crippen molar-refractivity contribution < 1.29 is 0 Å². The molecule has 16 heavy (non-hydrogen) atoms. The van der Waals surface area contributed by atoms with Gasteiger partial charge in [0.2, 0.25) is 0 Å². The van der Waals surface area contributed by atoms with E-state index < -0.39 is 0 Å². The SMILES string of the molecule is Br.Br.Br.c1cc(CN2CCNCC2)ccn1. The number of hydrogen-bond donors (Lipinski definition) is 1. The number of rotatable bonds is 2. The minimum atomic E-state index is 0. The number of aromatic nitrogens is 1. The van der Waals surface area contributed by atoms with Crippen molar-refractivity contribution in [3.8, 4) is 0 Å². The molecule has 0 bridgehead atoms. The number of nitrogens with zero attached hydrogens (tertiary/aromatic N) is 2. The van der Waals surface area contributed by atoms with E-state index in [4.69, 9.17) is 0 Å². The smallest absolute Gasteiger partial charge is 0.0271 e. The molecule has 1 fully saturated rings. The largest absolute Gasteiger partial charge is 0.314 e. The average Bonchev–Trinajstić information content (AvgIpc) is 2.21. The van der Waals surface area contributed by atoms with Gasteiger partial charge in [-0.25, -0.2) is 0 Å². The van der Waals surface area contributed by atoms with Gasteiger partial charge in [-0.05, 0) is 17.7 Å². The topological polar surface area (TPSA) is 28.2 Å². The molecule has 0 aromatic carbocycles. The van der Waals surface area contributed by atoms with Crippen molar-refractivity contribution >= 4 is 50.9 Å². The molecule has 1 saturated heterocycles. The van der Waals surface area contributed by atoms with Crippen LogP contribution in [0.2, 0.25) is 0 Å². The fourth-order valence-electron chi connectivity index (χ4n) is 1.62. The van der Waals surface area contributed by atoms with Crippen LogP contribution < -0.4 is 5.32 Å². The zero-order valence-corrected chi connectivity index (χ0v) is 14.1. The normalized spacial score (nSPS) is 15.2. The van der Waals surface area contributed by atoms with Crippen LogP contribution in [0.15, 0.2) is 24.5 Å². The number of halogens is 3. The summed E-state index contributed by atoms with van der Waals surface area (Å²) in [4.78, 5) is 6.47. The second-order valence-electron chi connectivity index (χ2n) is 3.38. The van der Waals surface area contributed by atoms with Gasteiger partial charge in [0, 0.05) is 45.1 Å². The summed E-state index contributed by atoms with van der Waals surface area (Å²) in [5, 5.41) is 3.35. The Labute approximate surface area is 128 Å². The van der Waals surface area contributed by atoms with Crippen LogP contribution in [0.3, 0.4) is 0 Å². The summed E-state index contributed by atoms with van der Waals surface area (Å²) >= 11 is 0. The van der Waals surface area contributed by atoms with Gasteiger partial charge in [0.1, 0.15) is 0 Å². The molecule has 0 saturated carbocycles. The van der Waals surface area contributed by atoms with E-state index in [1.54, 1.807) is 0 Å². The second-order valence-corrected chi connectivity index (χ2v) is 3.38. The first-order chi connectivity index (χ1) is 6.45. The Morgan fingerprint density at radius 3 is 2.19 bits per heavy atom. The van der Waals surface area contributed by atoms with E-state index in [2.05, 4.69) is 27.3 Å². The zero-order valence-electron chi connectivity index (χ0n) is 8.96. The molecule has 1 N–H and O–H groups in total. The molecule has 0 unspecified atom stereocenters. The minimum Gasteiger partial charge on any atom is -0.314 e. The van der Waals surface area contributed by atoms with E-state index in [-0.39, 0.29) is 50.9 Å². The first kappa shape index (κ1) is 18.9. The van der Waals surface area contributed by atoms with Crippen LogP contribution in [0.5, 0.6) is 0 Å². The van der Waals surface area contributed by atoms with Crippen LogP contribution in [0.4, 0.5) is 0 Å². The van der Waals surface area contributed by atoms with Crippen molar-refractivity contribution in [1.29, 1.82) is 0 Å². The molecule has 1 aliphatic heterocycles. The van der Waals surface area contributed by atoms with E-state index in [1.807, 2.05) is 12.4 Å². The number of piperazine rings is 1. The van der Waals surface area contributed by atoms with Gasteiger partial charge in [-0.15, -0.1) is 50.9 Å². The van der Waals surface area contributed by atoms with Gasteiger partial charge < -0.3 is 5.32 Å². The Balaban J connectivity index is 0. The summed E-state index contributed by atoms with van der Waals surface area (Å²) in [6.45, 7) is 5.60. The molecule has 2 heterocycles. The lowest BCUT2D eigenvalue weighted by atomic mass is 10.2. The van der Waals surface area contributed by atoms with Crippen molar-refractivity contribution in [2.75, 3.05) is 26.2 Å². The standard InChI is InChI=1S/C10H15N3.3BrH/c1-3-11-4-2-10(1)9-13-7-5-12-6-8-13;;;/h1-4,12H,5-9H2;3*1H. The van der Waals surface area contributed by atoms with Crippen LogP contribution in [-0.2, 0) is 6.54 Å². The maximum absolute atomic E-state index is 4.01. The van der Waals surface area contributed by atoms with Gasteiger partial charge >= 0.3 is 0 Å². The van der Waals surface area contributed by atoms with Crippen molar-refractivity contribution in [2.45, 2.75) is 6.54 Å². The summed E-state index contributed by atoms with van der Waals surface area (Å²) in [6.07, 6.45) is 3.72. The quantitative estimate of drug-likeness (QED) is 0.796. The molecule has 0 radical (unpaired) electrons. The molecule has 0 spiro atoms. The van der Waals surface area contributed by atoms with E-state index in [0.717, 1.165) is 32.7 Å². The van der Waals surface area contributed by atoms with Crippen LogP contribution >= 0.6 is 50.9 Å². The fourth-order valence-corrected chi connectivity index (χ4v) is 1.62. The Hall–Kier alpha value is 0.510. The Bertz CT molecular complexity index is 253. The highest BCUT2D eigenvalue weighted by atomic mass is 79.9. The van der Waals surface area contributed by atoms with E-state index >= 15 is 0 Å².